The standard InChI is InChI=1S/C20H21F4NO2/c1-26-18-9-13-7-8-25-17(15(13)11-19(18)27-2)6-4-12-3-5-14(21)10-16(12)20(22,23)24/h3,5,9-11,17,25H,4,6-8H2,1-2H3/t17-/m0/s1. The van der Waals surface area contributed by atoms with Crippen LogP contribution in [0.4, 0.5) is 17.6 Å². The second-order valence-corrected chi connectivity index (χ2v) is 6.50. The quantitative estimate of drug-likeness (QED) is 0.761. The van der Waals surface area contributed by atoms with Crippen LogP contribution in [-0.4, -0.2) is 20.8 Å². The van der Waals surface area contributed by atoms with Gasteiger partial charge in [0.2, 0.25) is 0 Å². The Morgan fingerprint density at radius 3 is 2.44 bits per heavy atom. The molecule has 2 aromatic carbocycles. The molecule has 3 nitrogen and oxygen atoms in total. The molecule has 7 heteroatoms. The van der Waals surface area contributed by atoms with E-state index in [9.17, 15) is 17.6 Å². The molecule has 1 atom stereocenters. The number of ether oxygens (including phenoxy) is 2. The maximum atomic E-state index is 13.3. The van der Waals surface area contributed by atoms with Gasteiger partial charge in [0, 0.05) is 6.04 Å². The molecule has 0 aromatic heterocycles. The number of halogens is 4. The summed E-state index contributed by atoms with van der Waals surface area (Å²) in [7, 11) is 3.11. The first-order chi connectivity index (χ1) is 12.8. The SMILES string of the molecule is COc1cc2c(cc1OC)[C@H](CCc1ccc(F)cc1C(F)(F)F)NCC2. The molecule has 0 spiro atoms. The third-order valence-corrected chi connectivity index (χ3v) is 4.89. The Balaban J connectivity index is 1.85. The van der Waals surface area contributed by atoms with Crippen molar-refractivity contribution in [1.29, 1.82) is 0 Å². The van der Waals surface area contributed by atoms with Crippen LogP contribution >= 0.6 is 0 Å². The first-order valence-electron chi connectivity index (χ1n) is 8.67. The highest BCUT2D eigenvalue weighted by molar-refractivity contribution is 5.49. The van der Waals surface area contributed by atoms with Gasteiger partial charge >= 0.3 is 6.18 Å². The van der Waals surface area contributed by atoms with Crippen LogP contribution in [0.25, 0.3) is 0 Å². The highest BCUT2D eigenvalue weighted by atomic mass is 19.4. The van der Waals surface area contributed by atoms with E-state index in [1.54, 1.807) is 14.2 Å². The molecule has 1 N–H and O–H groups in total. The second kappa shape index (κ2) is 7.76. The van der Waals surface area contributed by atoms with E-state index in [1.807, 2.05) is 12.1 Å². The second-order valence-electron chi connectivity index (χ2n) is 6.50. The topological polar surface area (TPSA) is 30.5 Å². The highest BCUT2D eigenvalue weighted by Crippen LogP contribution is 2.38. The van der Waals surface area contributed by atoms with Gasteiger partial charge in [-0.05, 0) is 66.8 Å². The molecule has 0 bridgehead atoms. The zero-order chi connectivity index (χ0) is 19.6. The molecule has 1 aliphatic heterocycles. The van der Waals surface area contributed by atoms with Gasteiger partial charge in [-0.1, -0.05) is 6.07 Å². The van der Waals surface area contributed by atoms with Crippen LogP contribution in [0.1, 0.15) is 34.7 Å². The first kappa shape index (κ1) is 19.5. The number of benzene rings is 2. The van der Waals surface area contributed by atoms with E-state index in [2.05, 4.69) is 5.32 Å². The predicted octanol–water partition coefficient (Wildman–Crippen LogP) is 4.68. The molecule has 1 aliphatic rings. The van der Waals surface area contributed by atoms with Gasteiger partial charge < -0.3 is 14.8 Å². The summed E-state index contributed by atoms with van der Waals surface area (Å²) >= 11 is 0. The minimum atomic E-state index is -4.58. The van der Waals surface area contributed by atoms with Crippen LogP contribution in [-0.2, 0) is 19.0 Å². The van der Waals surface area contributed by atoms with Crippen molar-refractivity contribution in [3.63, 3.8) is 0 Å². The molecule has 0 radical (unpaired) electrons. The van der Waals surface area contributed by atoms with Crippen molar-refractivity contribution in [3.05, 3.63) is 58.4 Å². The van der Waals surface area contributed by atoms with Gasteiger partial charge in [-0.25, -0.2) is 4.39 Å². The Bertz CT molecular complexity index is 820. The summed E-state index contributed by atoms with van der Waals surface area (Å²) < 4.78 is 63.6. The van der Waals surface area contributed by atoms with Crippen LogP contribution in [0.5, 0.6) is 11.5 Å². The van der Waals surface area contributed by atoms with Crippen LogP contribution in [0.3, 0.4) is 0 Å². The Labute approximate surface area is 155 Å². The third-order valence-electron chi connectivity index (χ3n) is 4.89. The summed E-state index contributed by atoms with van der Waals surface area (Å²) in [5, 5.41) is 3.35. The molecular weight excluding hydrogens is 362 g/mol. The van der Waals surface area contributed by atoms with Crippen molar-refractivity contribution in [3.8, 4) is 11.5 Å². The van der Waals surface area contributed by atoms with Crippen molar-refractivity contribution in [2.75, 3.05) is 20.8 Å². The van der Waals surface area contributed by atoms with Crippen LogP contribution in [0.15, 0.2) is 30.3 Å². The molecular formula is C20H21F4NO2. The van der Waals surface area contributed by atoms with Gasteiger partial charge in [0.05, 0.1) is 19.8 Å². The van der Waals surface area contributed by atoms with E-state index < -0.39 is 17.6 Å². The van der Waals surface area contributed by atoms with E-state index in [1.165, 1.54) is 6.07 Å². The van der Waals surface area contributed by atoms with Crippen molar-refractivity contribution >= 4 is 0 Å². The lowest BCUT2D eigenvalue weighted by Crippen LogP contribution is -2.30. The minimum Gasteiger partial charge on any atom is -0.493 e. The van der Waals surface area contributed by atoms with E-state index in [0.717, 1.165) is 30.2 Å². The molecule has 27 heavy (non-hydrogen) atoms. The Morgan fingerprint density at radius 2 is 1.78 bits per heavy atom. The fraction of sp³-hybridized carbons (Fsp3) is 0.400. The van der Waals surface area contributed by atoms with Gasteiger partial charge in [-0.3, -0.25) is 0 Å². The van der Waals surface area contributed by atoms with Crippen molar-refractivity contribution < 1.29 is 27.0 Å². The lowest BCUT2D eigenvalue weighted by Gasteiger charge is -2.28. The van der Waals surface area contributed by atoms with Gasteiger partial charge in [0.1, 0.15) is 5.82 Å². The molecule has 1 heterocycles. The van der Waals surface area contributed by atoms with E-state index in [4.69, 9.17) is 9.47 Å². The fourth-order valence-electron chi connectivity index (χ4n) is 3.56. The molecule has 0 fully saturated rings. The number of hydrogen-bond acceptors (Lipinski definition) is 3. The summed E-state index contributed by atoms with van der Waals surface area (Å²) in [5.74, 6) is 0.335. The number of fused-ring (bicyclic) bond motifs is 1. The molecule has 0 saturated carbocycles. The van der Waals surface area contributed by atoms with Crippen LogP contribution in [0.2, 0.25) is 0 Å². The van der Waals surface area contributed by atoms with Gasteiger partial charge in [-0.15, -0.1) is 0 Å². The van der Waals surface area contributed by atoms with E-state index in [-0.39, 0.29) is 18.0 Å². The summed E-state index contributed by atoms with van der Waals surface area (Å²) in [5.41, 5.74) is 1.27. The smallest absolute Gasteiger partial charge is 0.416 e. The van der Waals surface area contributed by atoms with Gasteiger partial charge in [0.25, 0.3) is 0 Å². The molecule has 0 amide bonds. The van der Waals surface area contributed by atoms with Gasteiger partial charge in [-0.2, -0.15) is 13.2 Å². The average molecular weight is 383 g/mol. The third kappa shape index (κ3) is 4.18. The lowest BCUT2D eigenvalue weighted by atomic mass is 9.89. The normalized spacial score (nSPS) is 16.7. The zero-order valence-corrected chi connectivity index (χ0v) is 15.1. The number of aryl methyl sites for hydroxylation is 1. The predicted molar refractivity (Wildman–Crippen MR) is 93.7 cm³/mol. The maximum absolute atomic E-state index is 13.3. The summed E-state index contributed by atoms with van der Waals surface area (Å²) in [6.45, 7) is 0.725. The van der Waals surface area contributed by atoms with Gasteiger partial charge in [0.15, 0.2) is 11.5 Å². The summed E-state index contributed by atoms with van der Waals surface area (Å²) in [6.07, 6.45) is -3.14. The molecule has 0 unspecified atom stereocenters. The Morgan fingerprint density at radius 1 is 1.07 bits per heavy atom. The lowest BCUT2D eigenvalue weighted by molar-refractivity contribution is -0.138. The Hall–Kier alpha value is -2.28. The zero-order valence-electron chi connectivity index (χ0n) is 15.1. The van der Waals surface area contributed by atoms with Crippen LogP contribution in [0, 0.1) is 5.82 Å². The van der Waals surface area contributed by atoms with E-state index >= 15 is 0 Å². The molecule has 146 valence electrons. The summed E-state index contributed by atoms with van der Waals surface area (Å²) in [6, 6.07) is 6.53. The van der Waals surface area contributed by atoms with E-state index in [0.29, 0.717) is 24.0 Å². The largest absolute Gasteiger partial charge is 0.493 e. The first-order valence-corrected chi connectivity index (χ1v) is 8.67. The van der Waals surface area contributed by atoms with Crippen LogP contribution < -0.4 is 14.8 Å². The number of hydrogen-bond donors (Lipinski definition) is 1. The highest BCUT2D eigenvalue weighted by Gasteiger charge is 2.34. The number of alkyl halides is 3. The summed E-state index contributed by atoms with van der Waals surface area (Å²) in [4.78, 5) is 0. The maximum Gasteiger partial charge on any atom is 0.416 e. The van der Waals surface area contributed by atoms with Crippen molar-refractivity contribution in [1.82, 2.24) is 5.32 Å². The van der Waals surface area contributed by atoms with Crippen molar-refractivity contribution in [2.45, 2.75) is 31.5 Å². The number of rotatable bonds is 5. The minimum absolute atomic E-state index is 0.0956. The molecule has 3 rings (SSSR count). The Kier molecular flexibility index (Phi) is 5.60. The fourth-order valence-corrected chi connectivity index (χ4v) is 3.56. The average Bonchev–Trinajstić information content (AvgIpc) is 2.65. The monoisotopic (exact) mass is 383 g/mol. The molecule has 2 aromatic rings. The molecule has 0 aliphatic carbocycles. The van der Waals surface area contributed by atoms with Crippen molar-refractivity contribution in [2.24, 2.45) is 0 Å². The molecule has 0 saturated heterocycles. The number of nitrogens with one attached hydrogen (secondary N) is 1. The number of methoxy groups -OCH3 is 2.